The van der Waals surface area contributed by atoms with Gasteiger partial charge >= 0.3 is 0 Å². The number of hydrogen-bond donors (Lipinski definition) is 2. The highest BCUT2D eigenvalue weighted by Crippen LogP contribution is 2.44. The number of carbonyl (C=O) groups is 1. The van der Waals surface area contributed by atoms with Gasteiger partial charge in [0.25, 0.3) is 0 Å². The number of ether oxygens (including phenoxy) is 1. The van der Waals surface area contributed by atoms with Gasteiger partial charge in [-0.3, -0.25) is 4.79 Å². The van der Waals surface area contributed by atoms with Gasteiger partial charge in [-0.25, -0.2) is 0 Å². The van der Waals surface area contributed by atoms with Crippen LogP contribution in [0.25, 0.3) is 12.2 Å². The van der Waals surface area contributed by atoms with E-state index < -0.39 is 5.75 Å². The Morgan fingerprint density at radius 1 is 1.05 bits per heavy atom. The van der Waals surface area contributed by atoms with Crippen LogP contribution >= 0.6 is 0 Å². The van der Waals surface area contributed by atoms with Gasteiger partial charge in [0, 0.05) is 0 Å². The van der Waals surface area contributed by atoms with E-state index in [1.54, 1.807) is 12.2 Å². The number of Topliss-reactive ketones (excluding diaryl/α,β-unsaturated/α-hetero) is 1. The molecule has 1 heterocycles. The molecule has 0 bridgehead atoms. The van der Waals surface area contributed by atoms with E-state index in [-0.39, 0.29) is 28.6 Å². The molecule has 2 aromatic carbocycles. The fourth-order valence-electron chi connectivity index (χ4n) is 2.20. The average molecular weight is 280 g/mol. The van der Waals surface area contributed by atoms with Crippen molar-refractivity contribution in [1.29, 1.82) is 0 Å². The molecular formula is C17H12O4. The standard InChI is InChI=1S/C17H12O4/c1-2-10-5-3-4-6-11(10)9-14-15(19)12-7-8-13(18)16(20)17(12)21-14/h2-9,18,20H,1H2. The highest BCUT2D eigenvalue weighted by molar-refractivity contribution is 6.15. The van der Waals surface area contributed by atoms with E-state index in [1.165, 1.54) is 12.1 Å². The molecule has 1 aliphatic rings. The molecule has 0 unspecified atom stereocenters. The number of benzene rings is 2. The minimum absolute atomic E-state index is 0.0117. The molecule has 0 radical (unpaired) electrons. The van der Waals surface area contributed by atoms with Crippen LogP contribution in [0, 0.1) is 0 Å². The predicted molar refractivity (Wildman–Crippen MR) is 79.2 cm³/mol. The summed E-state index contributed by atoms with van der Waals surface area (Å²) >= 11 is 0. The Morgan fingerprint density at radius 3 is 2.48 bits per heavy atom. The van der Waals surface area contributed by atoms with Crippen molar-refractivity contribution in [2.45, 2.75) is 0 Å². The summed E-state index contributed by atoms with van der Waals surface area (Å²) in [5.74, 6) is -1.00. The average Bonchev–Trinajstić information content (AvgIpc) is 2.81. The fraction of sp³-hybridized carbons (Fsp3) is 0. The smallest absolute Gasteiger partial charge is 0.232 e. The van der Waals surface area contributed by atoms with Crippen LogP contribution < -0.4 is 4.74 Å². The first-order valence-electron chi connectivity index (χ1n) is 6.32. The van der Waals surface area contributed by atoms with Crippen LogP contribution in [-0.4, -0.2) is 16.0 Å². The lowest BCUT2D eigenvalue weighted by Crippen LogP contribution is -1.98. The SMILES string of the molecule is C=Cc1ccccc1C=C1Oc2c(ccc(O)c2O)C1=O. The molecule has 1 aliphatic heterocycles. The molecule has 0 saturated carbocycles. The third-order valence-electron chi connectivity index (χ3n) is 3.29. The summed E-state index contributed by atoms with van der Waals surface area (Å²) in [5, 5.41) is 19.2. The molecule has 4 nitrogen and oxygen atoms in total. The van der Waals surface area contributed by atoms with E-state index >= 15 is 0 Å². The van der Waals surface area contributed by atoms with Gasteiger partial charge in [-0.05, 0) is 29.3 Å². The number of fused-ring (bicyclic) bond motifs is 1. The summed E-state index contributed by atoms with van der Waals surface area (Å²) < 4.78 is 5.40. The molecule has 0 fully saturated rings. The van der Waals surface area contributed by atoms with Crippen molar-refractivity contribution in [2.75, 3.05) is 0 Å². The van der Waals surface area contributed by atoms with Crippen LogP contribution in [0.2, 0.25) is 0 Å². The summed E-state index contributed by atoms with van der Waals surface area (Å²) in [5.41, 5.74) is 1.88. The molecule has 0 saturated heterocycles. The van der Waals surface area contributed by atoms with E-state index in [9.17, 15) is 15.0 Å². The summed E-state index contributed by atoms with van der Waals surface area (Å²) in [6, 6.07) is 10.1. The first-order valence-corrected chi connectivity index (χ1v) is 6.32. The Balaban J connectivity index is 2.07. The molecule has 104 valence electrons. The zero-order chi connectivity index (χ0) is 15.0. The van der Waals surface area contributed by atoms with Gasteiger partial charge in [0.05, 0.1) is 5.56 Å². The monoisotopic (exact) mass is 280 g/mol. The Morgan fingerprint density at radius 2 is 1.76 bits per heavy atom. The van der Waals surface area contributed by atoms with Crippen molar-refractivity contribution in [2.24, 2.45) is 0 Å². The van der Waals surface area contributed by atoms with E-state index in [0.29, 0.717) is 0 Å². The Kier molecular flexibility index (Phi) is 2.99. The van der Waals surface area contributed by atoms with Crippen molar-refractivity contribution in [3.8, 4) is 17.2 Å². The van der Waals surface area contributed by atoms with E-state index in [1.807, 2.05) is 24.3 Å². The van der Waals surface area contributed by atoms with Gasteiger partial charge < -0.3 is 14.9 Å². The quantitative estimate of drug-likeness (QED) is 0.654. The number of aromatic hydroxyl groups is 2. The third-order valence-corrected chi connectivity index (χ3v) is 3.29. The predicted octanol–water partition coefficient (Wildman–Crippen LogP) is 3.36. The molecule has 4 heteroatoms. The first kappa shape index (κ1) is 13.0. The number of carbonyl (C=O) groups excluding carboxylic acids is 1. The van der Waals surface area contributed by atoms with Crippen LogP contribution in [0.15, 0.2) is 48.7 Å². The Labute approximate surface area is 121 Å². The van der Waals surface area contributed by atoms with E-state index in [0.717, 1.165) is 11.1 Å². The second kappa shape index (κ2) is 4.83. The molecule has 0 aromatic heterocycles. The van der Waals surface area contributed by atoms with Gasteiger partial charge in [-0.1, -0.05) is 36.9 Å². The summed E-state index contributed by atoms with van der Waals surface area (Å²) in [6.45, 7) is 3.72. The molecule has 0 atom stereocenters. The second-order valence-electron chi connectivity index (χ2n) is 4.58. The third kappa shape index (κ3) is 2.07. The molecular weight excluding hydrogens is 268 g/mol. The summed E-state index contributed by atoms with van der Waals surface area (Å²) in [7, 11) is 0. The lowest BCUT2D eigenvalue weighted by atomic mass is 10.0. The molecule has 3 rings (SSSR count). The van der Waals surface area contributed by atoms with E-state index in [2.05, 4.69) is 6.58 Å². The number of ketones is 1. The van der Waals surface area contributed by atoms with Crippen molar-refractivity contribution >= 4 is 17.9 Å². The van der Waals surface area contributed by atoms with Crippen LogP contribution in [0.5, 0.6) is 17.2 Å². The summed E-state index contributed by atoms with van der Waals surface area (Å²) in [4.78, 5) is 12.3. The van der Waals surface area contributed by atoms with Gasteiger partial charge in [-0.2, -0.15) is 0 Å². The molecule has 0 aliphatic carbocycles. The number of allylic oxidation sites excluding steroid dienone is 1. The molecule has 21 heavy (non-hydrogen) atoms. The van der Waals surface area contributed by atoms with Gasteiger partial charge in [0.2, 0.25) is 11.5 Å². The van der Waals surface area contributed by atoms with Gasteiger partial charge in [0.15, 0.2) is 17.3 Å². The van der Waals surface area contributed by atoms with Gasteiger partial charge in [0.1, 0.15) is 0 Å². The topological polar surface area (TPSA) is 66.8 Å². The van der Waals surface area contributed by atoms with Crippen molar-refractivity contribution in [3.05, 3.63) is 65.4 Å². The maximum atomic E-state index is 12.3. The lowest BCUT2D eigenvalue weighted by Gasteiger charge is -2.03. The number of phenols is 2. The molecule has 0 amide bonds. The lowest BCUT2D eigenvalue weighted by molar-refractivity contribution is 0.101. The van der Waals surface area contributed by atoms with Crippen LogP contribution in [0.4, 0.5) is 0 Å². The van der Waals surface area contributed by atoms with Crippen molar-refractivity contribution in [3.63, 3.8) is 0 Å². The van der Waals surface area contributed by atoms with Crippen LogP contribution in [0.1, 0.15) is 21.5 Å². The number of phenolic OH excluding ortho intramolecular Hbond substituents is 2. The highest BCUT2D eigenvalue weighted by Gasteiger charge is 2.31. The van der Waals surface area contributed by atoms with Crippen molar-refractivity contribution < 1.29 is 19.7 Å². The molecule has 2 aromatic rings. The largest absolute Gasteiger partial charge is 0.504 e. The number of rotatable bonds is 2. The maximum absolute atomic E-state index is 12.3. The molecule has 2 N–H and O–H groups in total. The zero-order valence-electron chi connectivity index (χ0n) is 11.0. The fourth-order valence-corrected chi connectivity index (χ4v) is 2.20. The normalized spacial score (nSPS) is 14.9. The number of hydrogen-bond acceptors (Lipinski definition) is 4. The van der Waals surface area contributed by atoms with Crippen LogP contribution in [0.3, 0.4) is 0 Å². The zero-order valence-corrected chi connectivity index (χ0v) is 11.0. The minimum atomic E-state index is -0.429. The van der Waals surface area contributed by atoms with Crippen molar-refractivity contribution in [1.82, 2.24) is 0 Å². The second-order valence-corrected chi connectivity index (χ2v) is 4.58. The maximum Gasteiger partial charge on any atom is 0.232 e. The Bertz CT molecular complexity index is 787. The Hall–Kier alpha value is -3.01. The highest BCUT2D eigenvalue weighted by atomic mass is 16.5. The van der Waals surface area contributed by atoms with Crippen LogP contribution in [-0.2, 0) is 0 Å². The minimum Gasteiger partial charge on any atom is -0.504 e. The first-order chi connectivity index (χ1) is 10.1. The van der Waals surface area contributed by atoms with Gasteiger partial charge in [-0.15, -0.1) is 0 Å². The summed E-state index contributed by atoms with van der Waals surface area (Å²) in [6.07, 6.45) is 3.28. The molecule has 0 spiro atoms. The van der Waals surface area contributed by atoms with E-state index in [4.69, 9.17) is 4.74 Å².